The van der Waals surface area contributed by atoms with E-state index in [0.717, 1.165) is 35.5 Å². The Balaban J connectivity index is 2.02. The molecule has 0 aliphatic heterocycles. The maximum atomic E-state index is 14.8. The first-order chi connectivity index (χ1) is 16.7. The Morgan fingerprint density at radius 3 is 2.57 bits per heavy atom. The van der Waals surface area contributed by atoms with E-state index in [4.69, 9.17) is 21.3 Å². The average molecular weight is 486 g/mol. The van der Waals surface area contributed by atoms with E-state index in [0.29, 0.717) is 18.8 Å². The van der Waals surface area contributed by atoms with Crippen LogP contribution in [0.5, 0.6) is 0 Å². The van der Waals surface area contributed by atoms with Crippen molar-refractivity contribution in [2.45, 2.75) is 65.1 Å². The topological polar surface area (TPSA) is 133 Å². The highest BCUT2D eigenvalue weighted by Gasteiger charge is 2.21. The van der Waals surface area contributed by atoms with Crippen molar-refractivity contribution in [2.75, 3.05) is 24.4 Å². The Morgan fingerprint density at radius 2 is 1.97 bits per heavy atom. The molecule has 0 spiro atoms. The normalized spacial score (nSPS) is 13.3. The van der Waals surface area contributed by atoms with Crippen molar-refractivity contribution in [3.05, 3.63) is 41.3 Å². The van der Waals surface area contributed by atoms with Crippen molar-refractivity contribution >= 4 is 34.1 Å². The standard InChI is InChI=1S/C25H36FN7O2/c1-6-7-20(15(4)27)30-25-19(26)13-18(23(28)34)24(31-25)29-16-8-9-21-17(12-16)22(14(2)3)32-33(21)10-11-35-5/h8-9,12-15,20H,6-7,10-11,27H2,1-5H3,(H2,28,34)(H2,29,30,31)/t15-,20+/m0/s1. The van der Waals surface area contributed by atoms with Gasteiger partial charge < -0.3 is 26.8 Å². The van der Waals surface area contributed by atoms with Crippen LogP contribution >= 0.6 is 0 Å². The minimum Gasteiger partial charge on any atom is -0.383 e. The molecule has 10 heteroatoms. The van der Waals surface area contributed by atoms with Crippen molar-refractivity contribution < 1.29 is 13.9 Å². The molecule has 2 atom stereocenters. The SMILES string of the molecule is CCC[C@@H](Nc1nc(Nc2ccc3c(c2)c(C(C)C)nn3CCOC)c(C(N)=O)cc1F)[C@H](C)N. The number of pyridine rings is 1. The van der Waals surface area contributed by atoms with Gasteiger partial charge in [-0.05, 0) is 43.5 Å². The fraction of sp³-hybridized carbons (Fsp3) is 0.480. The van der Waals surface area contributed by atoms with E-state index in [1.54, 1.807) is 7.11 Å². The van der Waals surface area contributed by atoms with Crippen LogP contribution in [0.2, 0.25) is 0 Å². The quantitative estimate of drug-likeness (QED) is 0.303. The zero-order valence-electron chi connectivity index (χ0n) is 21.1. The van der Waals surface area contributed by atoms with Gasteiger partial charge in [0.05, 0.1) is 29.9 Å². The Bertz CT molecular complexity index is 1180. The Labute approximate surface area is 205 Å². The highest BCUT2D eigenvalue weighted by Crippen LogP contribution is 2.30. The number of nitrogens with zero attached hydrogens (tertiary/aromatic N) is 3. The molecule has 3 rings (SSSR count). The first-order valence-electron chi connectivity index (χ1n) is 11.9. The smallest absolute Gasteiger partial charge is 0.252 e. The summed E-state index contributed by atoms with van der Waals surface area (Å²) in [6.45, 7) is 9.23. The summed E-state index contributed by atoms with van der Waals surface area (Å²) in [5.74, 6) is -1.06. The lowest BCUT2D eigenvalue weighted by molar-refractivity contribution is 0.100. The first-order valence-corrected chi connectivity index (χ1v) is 11.9. The van der Waals surface area contributed by atoms with Gasteiger partial charge in [0.2, 0.25) is 0 Å². The second kappa shape index (κ2) is 11.5. The molecule has 2 aromatic heterocycles. The summed E-state index contributed by atoms with van der Waals surface area (Å²) in [6, 6.07) is 6.48. The number of methoxy groups -OCH3 is 1. The molecule has 9 nitrogen and oxygen atoms in total. The number of primary amides is 1. The number of aromatic nitrogens is 3. The number of carbonyl (C=O) groups excluding carboxylic acids is 1. The number of amides is 1. The van der Waals surface area contributed by atoms with Crippen LogP contribution < -0.4 is 22.1 Å². The zero-order chi connectivity index (χ0) is 25.7. The van der Waals surface area contributed by atoms with Crippen LogP contribution in [0.25, 0.3) is 10.9 Å². The van der Waals surface area contributed by atoms with Crippen LogP contribution in [0.1, 0.15) is 62.5 Å². The van der Waals surface area contributed by atoms with Gasteiger partial charge in [-0.1, -0.05) is 27.2 Å². The Morgan fingerprint density at radius 1 is 1.23 bits per heavy atom. The molecular weight excluding hydrogens is 449 g/mol. The number of rotatable bonds is 12. The van der Waals surface area contributed by atoms with E-state index in [1.807, 2.05) is 36.7 Å². The molecule has 1 aromatic carbocycles. The minimum absolute atomic E-state index is 0.0181. The van der Waals surface area contributed by atoms with Gasteiger partial charge in [-0.3, -0.25) is 9.48 Å². The van der Waals surface area contributed by atoms with E-state index in [9.17, 15) is 9.18 Å². The maximum absolute atomic E-state index is 14.8. The van der Waals surface area contributed by atoms with E-state index in [2.05, 4.69) is 29.5 Å². The fourth-order valence-electron chi connectivity index (χ4n) is 4.02. The molecule has 35 heavy (non-hydrogen) atoms. The van der Waals surface area contributed by atoms with Crippen LogP contribution in [0.4, 0.5) is 21.7 Å². The number of hydrogen-bond acceptors (Lipinski definition) is 7. The van der Waals surface area contributed by atoms with Crippen LogP contribution in [0, 0.1) is 5.82 Å². The van der Waals surface area contributed by atoms with Crippen molar-refractivity contribution in [3.8, 4) is 0 Å². The molecule has 0 unspecified atom stereocenters. The number of carbonyl (C=O) groups is 1. The fourth-order valence-corrected chi connectivity index (χ4v) is 4.02. The number of nitrogens with one attached hydrogen (secondary N) is 2. The number of halogens is 1. The molecule has 1 amide bonds. The van der Waals surface area contributed by atoms with Gasteiger partial charge in [-0.2, -0.15) is 5.10 Å². The largest absolute Gasteiger partial charge is 0.383 e. The summed E-state index contributed by atoms with van der Waals surface area (Å²) in [5, 5.41) is 12.0. The summed E-state index contributed by atoms with van der Waals surface area (Å²) in [5.41, 5.74) is 14.2. The van der Waals surface area contributed by atoms with Gasteiger partial charge in [0, 0.05) is 30.3 Å². The summed E-state index contributed by atoms with van der Waals surface area (Å²) < 4.78 is 22.0. The lowest BCUT2D eigenvalue weighted by Gasteiger charge is -2.23. The predicted molar refractivity (Wildman–Crippen MR) is 138 cm³/mol. The number of fused-ring (bicyclic) bond motifs is 1. The van der Waals surface area contributed by atoms with Gasteiger partial charge in [0.25, 0.3) is 5.91 Å². The molecule has 0 bridgehead atoms. The summed E-state index contributed by atoms with van der Waals surface area (Å²) in [4.78, 5) is 16.5. The average Bonchev–Trinajstić information content (AvgIpc) is 3.17. The van der Waals surface area contributed by atoms with Gasteiger partial charge >= 0.3 is 0 Å². The van der Waals surface area contributed by atoms with Crippen molar-refractivity contribution in [2.24, 2.45) is 11.5 Å². The monoisotopic (exact) mass is 485 g/mol. The lowest BCUT2D eigenvalue weighted by atomic mass is 10.1. The van der Waals surface area contributed by atoms with Gasteiger partial charge in [-0.15, -0.1) is 0 Å². The molecule has 0 radical (unpaired) electrons. The van der Waals surface area contributed by atoms with Crippen LogP contribution in [0.3, 0.4) is 0 Å². The molecule has 0 aliphatic carbocycles. The molecule has 6 N–H and O–H groups in total. The first kappa shape index (κ1) is 26.4. The molecule has 0 aliphatic rings. The van der Waals surface area contributed by atoms with Crippen LogP contribution in [-0.2, 0) is 11.3 Å². The molecule has 0 fully saturated rings. The van der Waals surface area contributed by atoms with Crippen LogP contribution in [0.15, 0.2) is 24.3 Å². The van der Waals surface area contributed by atoms with Gasteiger partial charge in [0.1, 0.15) is 5.82 Å². The lowest BCUT2D eigenvalue weighted by Crippen LogP contribution is -2.38. The van der Waals surface area contributed by atoms with Crippen molar-refractivity contribution in [1.29, 1.82) is 0 Å². The molecule has 3 aromatic rings. The highest BCUT2D eigenvalue weighted by atomic mass is 19.1. The predicted octanol–water partition coefficient (Wildman–Crippen LogP) is 4.11. The van der Waals surface area contributed by atoms with Gasteiger partial charge in [0.15, 0.2) is 11.6 Å². The van der Waals surface area contributed by atoms with Crippen molar-refractivity contribution in [3.63, 3.8) is 0 Å². The zero-order valence-corrected chi connectivity index (χ0v) is 21.1. The minimum atomic E-state index is -0.779. The van der Waals surface area contributed by atoms with E-state index < -0.39 is 11.7 Å². The van der Waals surface area contributed by atoms with E-state index in [1.165, 1.54) is 0 Å². The van der Waals surface area contributed by atoms with Crippen LogP contribution in [-0.4, -0.2) is 46.5 Å². The second-order valence-corrected chi connectivity index (χ2v) is 9.09. The summed E-state index contributed by atoms with van der Waals surface area (Å²) in [7, 11) is 1.66. The third kappa shape index (κ3) is 6.07. The molecule has 190 valence electrons. The molecule has 0 saturated carbocycles. The summed E-state index contributed by atoms with van der Waals surface area (Å²) in [6.07, 6.45) is 1.63. The summed E-state index contributed by atoms with van der Waals surface area (Å²) >= 11 is 0. The molecule has 2 heterocycles. The maximum Gasteiger partial charge on any atom is 0.252 e. The van der Waals surface area contributed by atoms with Crippen molar-refractivity contribution in [1.82, 2.24) is 14.8 Å². The third-order valence-electron chi connectivity index (χ3n) is 5.89. The number of hydrogen-bond donors (Lipinski definition) is 4. The Kier molecular flexibility index (Phi) is 8.63. The third-order valence-corrected chi connectivity index (χ3v) is 5.89. The molecule has 0 saturated heterocycles. The number of benzene rings is 1. The second-order valence-electron chi connectivity index (χ2n) is 9.09. The van der Waals surface area contributed by atoms with E-state index >= 15 is 0 Å². The van der Waals surface area contributed by atoms with E-state index in [-0.39, 0.29) is 35.2 Å². The van der Waals surface area contributed by atoms with Gasteiger partial charge in [-0.25, -0.2) is 9.37 Å². The number of anilines is 3. The molecular formula is C25H36FN7O2. The number of nitrogens with two attached hydrogens (primary N) is 2. The highest BCUT2D eigenvalue weighted by molar-refractivity contribution is 5.99. The number of ether oxygens (including phenoxy) is 1. The Hall–Kier alpha value is -3.24.